The molecule has 0 bridgehead atoms. The molecular formula is C19H15F3N4O. The number of hydrogen-bond donors (Lipinski definition) is 2. The number of nitrogens with zero attached hydrogens (tertiary/aromatic N) is 2. The van der Waals surface area contributed by atoms with Gasteiger partial charge < -0.3 is 10.6 Å². The van der Waals surface area contributed by atoms with Crippen molar-refractivity contribution >= 4 is 17.5 Å². The molecule has 0 spiro atoms. The van der Waals surface area contributed by atoms with E-state index in [-0.39, 0.29) is 17.3 Å². The van der Waals surface area contributed by atoms with E-state index in [0.29, 0.717) is 6.54 Å². The first kappa shape index (κ1) is 18.4. The van der Waals surface area contributed by atoms with Gasteiger partial charge in [-0.2, -0.15) is 13.2 Å². The van der Waals surface area contributed by atoms with Gasteiger partial charge in [0, 0.05) is 12.7 Å². The zero-order valence-electron chi connectivity index (χ0n) is 14.0. The van der Waals surface area contributed by atoms with E-state index in [0.717, 1.165) is 11.6 Å². The summed E-state index contributed by atoms with van der Waals surface area (Å²) >= 11 is 0. The first-order valence-electron chi connectivity index (χ1n) is 8.02. The maximum absolute atomic E-state index is 13.1. The second kappa shape index (κ2) is 7.86. The monoisotopic (exact) mass is 372 g/mol. The summed E-state index contributed by atoms with van der Waals surface area (Å²) in [6.45, 7) is 0.309. The first-order valence-corrected chi connectivity index (χ1v) is 8.02. The number of rotatable bonds is 5. The van der Waals surface area contributed by atoms with Gasteiger partial charge in [-0.3, -0.25) is 4.79 Å². The van der Waals surface area contributed by atoms with Gasteiger partial charge in [0.15, 0.2) is 0 Å². The number of amides is 1. The smallest absolute Gasteiger partial charge is 0.347 e. The molecule has 0 saturated carbocycles. The van der Waals surface area contributed by atoms with Crippen LogP contribution in [0.15, 0.2) is 66.9 Å². The van der Waals surface area contributed by atoms with Crippen LogP contribution in [0.25, 0.3) is 0 Å². The Morgan fingerprint density at radius 1 is 0.963 bits per heavy atom. The van der Waals surface area contributed by atoms with Crippen LogP contribution in [0.3, 0.4) is 0 Å². The van der Waals surface area contributed by atoms with Gasteiger partial charge in [-0.05, 0) is 23.8 Å². The Hall–Kier alpha value is -3.42. The second-order valence-corrected chi connectivity index (χ2v) is 5.60. The molecule has 1 amide bonds. The van der Waals surface area contributed by atoms with E-state index in [2.05, 4.69) is 20.6 Å². The normalized spacial score (nSPS) is 11.1. The topological polar surface area (TPSA) is 66.9 Å². The summed E-state index contributed by atoms with van der Waals surface area (Å²) in [6, 6.07) is 15.7. The van der Waals surface area contributed by atoms with Gasteiger partial charge in [0.05, 0.1) is 11.3 Å². The summed E-state index contributed by atoms with van der Waals surface area (Å²) in [6.07, 6.45) is -3.21. The zero-order chi connectivity index (χ0) is 19.3. The summed E-state index contributed by atoms with van der Waals surface area (Å²) in [5.41, 5.74) is -0.0651. The van der Waals surface area contributed by atoms with Crippen molar-refractivity contribution in [3.63, 3.8) is 0 Å². The Bertz CT molecular complexity index is 929. The minimum atomic E-state index is -4.52. The molecule has 0 aliphatic carbocycles. The number of halogens is 3. The Morgan fingerprint density at radius 2 is 1.67 bits per heavy atom. The van der Waals surface area contributed by atoms with Gasteiger partial charge in [0.1, 0.15) is 5.69 Å². The maximum Gasteiger partial charge on any atom is 0.418 e. The molecule has 0 radical (unpaired) electrons. The van der Waals surface area contributed by atoms with Crippen LogP contribution in [-0.4, -0.2) is 15.9 Å². The van der Waals surface area contributed by atoms with E-state index in [1.54, 1.807) is 0 Å². The van der Waals surface area contributed by atoms with Gasteiger partial charge in [-0.1, -0.05) is 42.5 Å². The minimum Gasteiger partial charge on any atom is -0.347 e. The molecule has 0 saturated heterocycles. The lowest BCUT2D eigenvalue weighted by Gasteiger charge is -2.13. The first-order chi connectivity index (χ1) is 12.9. The van der Waals surface area contributed by atoms with Crippen molar-refractivity contribution in [1.82, 2.24) is 15.3 Å². The van der Waals surface area contributed by atoms with E-state index >= 15 is 0 Å². The number of carbonyl (C=O) groups is 1. The average molecular weight is 372 g/mol. The van der Waals surface area contributed by atoms with Crippen LogP contribution in [0.4, 0.5) is 24.8 Å². The Kier molecular flexibility index (Phi) is 5.35. The molecule has 3 aromatic rings. The summed E-state index contributed by atoms with van der Waals surface area (Å²) in [7, 11) is 0. The molecular weight excluding hydrogens is 357 g/mol. The van der Waals surface area contributed by atoms with Crippen LogP contribution in [0.2, 0.25) is 0 Å². The molecule has 0 unspecified atom stereocenters. The lowest BCUT2D eigenvalue weighted by molar-refractivity contribution is -0.136. The molecule has 0 aliphatic heterocycles. The van der Waals surface area contributed by atoms with Crippen LogP contribution in [0.1, 0.15) is 21.6 Å². The standard InChI is InChI=1S/C19H15F3N4O/c20-19(21,22)14-8-4-5-9-15(14)25-18-23-11-10-16(26-18)17(27)24-12-13-6-2-1-3-7-13/h1-11H,12H2,(H,24,27)(H,23,25,26). The highest BCUT2D eigenvalue weighted by Gasteiger charge is 2.33. The maximum atomic E-state index is 13.1. The molecule has 2 N–H and O–H groups in total. The van der Waals surface area contributed by atoms with Crippen molar-refractivity contribution in [2.45, 2.75) is 12.7 Å². The van der Waals surface area contributed by atoms with E-state index < -0.39 is 17.6 Å². The van der Waals surface area contributed by atoms with Gasteiger partial charge in [-0.15, -0.1) is 0 Å². The lowest BCUT2D eigenvalue weighted by atomic mass is 10.1. The Balaban J connectivity index is 1.74. The highest BCUT2D eigenvalue weighted by Crippen LogP contribution is 2.35. The largest absolute Gasteiger partial charge is 0.418 e. The number of anilines is 2. The molecule has 138 valence electrons. The lowest BCUT2D eigenvalue weighted by Crippen LogP contribution is -2.24. The predicted molar refractivity (Wildman–Crippen MR) is 94.4 cm³/mol. The number of para-hydroxylation sites is 1. The van der Waals surface area contributed by atoms with E-state index in [4.69, 9.17) is 0 Å². The molecule has 3 rings (SSSR count). The zero-order valence-corrected chi connectivity index (χ0v) is 14.0. The second-order valence-electron chi connectivity index (χ2n) is 5.60. The van der Waals surface area contributed by atoms with Crippen LogP contribution < -0.4 is 10.6 Å². The molecule has 5 nitrogen and oxygen atoms in total. The number of benzene rings is 2. The Labute approximate surface area is 153 Å². The van der Waals surface area contributed by atoms with Crippen molar-refractivity contribution < 1.29 is 18.0 Å². The summed E-state index contributed by atoms with van der Waals surface area (Å²) in [5, 5.41) is 5.23. The quantitative estimate of drug-likeness (QED) is 0.706. The fourth-order valence-corrected chi connectivity index (χ4v) is 2.37. The number of alkyl halides is 3. The number of hydrogen-bond acceptors (Lipinski definition) is 4. The van der Waals surface area contributed by atoms with Gasteiger partial charge in [0.2, 0.25) is 5.95 Å². The van der Waals surface area contributed by atoms with Crippen LogP contribution in [0.5, 0.6) is 0 Å². The van der Waals surface area contributed by atoms with E-state index in [1.165, 1.54) is 30.5 Å². The van der Waals surface area contributed by atoms with E-state index in [1.807, 2.05) is 30.3 Å². The van der Waals surface area contributed by atoms with Gasteiger partial charge in [-0.25, -0.2) is 9.97 Å². The number of nitrogens with one attached hydrogen (secondary N) is 2. The SMILES string of the molecule is O=C(NCc1ccccc1)c1ccnc(Nc2ccccc2C(F)(F)F)n1. The fraction of sp³-hybridized carbons (Fsp3) is 0.105. The molecule has 2 aromatic carbocycles. The molecule has 1 heterocycles. The molecule has 8 heteroatoms. The Morgan fingerprint density at radius 3 is 2.41 bits per heavy atom. The van der Waals surface area contributed by atoms with Crippen LogP contribution >= 0.6 is 0 Å². The van der Waals surface area contributed by atoms with Crippen LogP contribution in [0, 0.1) is 0 Å². The third-order valence-electron chi connectivity index (χ3n) is 3.66. The summed E-state index contributed by atoms with van der Waals surface area (Å²) in [5.74, 6) is -0.549. The number of carbonyl (C=O) groups excluding carboxylic acids is 1. The molecule has 0 aliphatic rings. The molecule has 27 heavy (non-hydrogen) atoms. The minimum absolute atomic E-state index is 0.0490. The predicted octanol–water partition coefficient (Wildman–Crippen LogP) is 4.17. The van der Waals surface area contributed by atoms with Gasteiger partial charge >= 0.3 is 6.18 Å². The fourth-order valence-electron chi connectivity index (χ4n) is 2.37. The van der Waals surface area contributed by atoms with Crippen molar-refractivity contribution in [1.29, 1.82) is 0 Å². The summed E-state index contributed by atoms with van der Waals surface area (Å²) in [4.78, 5) is 20.1. The highest BCUT2D eigenvalue weighted by molar-refractivity contribution is 5.92. The third-order valence-corrected chi connectivity index (χ3v) is 3.66. The number of aromatic nitrogens is 2. The molecule has 0 atom stereocenters. The van der Waals surface area contributed by atoms with Crippen molar-refractivity contribution in [3.8, 4) is 0 Å². The van der Waals surface area contributed by atoms with Crippen molar-refractivity contribution in [2.75, 3.05) is 5.32 Å². The van der Waals surface area contributed by atoms with E-state index in [9.17, 15) is 18.0 Å². The summed E-state index contributed by atoms with van der Waals surface area (Å²) < 4.78 is 39.2. The van der Waals surface area contributed by atoms with Gasteiger partial charge in [0.25, 0.3) is 5.91 Å². The molecule has 1 aromatic heterocycles. The van der Waals surface area contributed by atoms with Crippen molar-refractivity contribution in [2.24, 2.45) is 0 Å². The molecule has 0 fully saturated rings. The van der Waals surface area contributed by atoms with Crippen LogP contribution in [-0.2, 0) is 12.7 Å². The van der Waals surface area contributed by atoms with Crippen molar-refractivity contribution in [3.05, 3.63) is 83.7 Å². The average Bonchev–Trinajstić information content (AvgIpc) is 2.67. The third kappa shape index (κ3) is 4.81. The highest BCUT2D eigenvalue weighted by atomic mass is 19.4.